The van der Waals surface area contributed by atoms with E-state index < -0.39 is 5.51 Å². The lowest BCUT2D eigenvalue weighted by molar-refractivity contribution is -0.0328. The lowest BCUT2D eigenvalue weighted by Gasteiger charge is -2.09. The summed E-state index contributed by atoms with van der Waals surface area (Å²) in [5.41, 5.74) is -3.72. The fourth-order valence-electron chi connectivity index (χ4n) is 1.65. The predicted octanol–water partition coefficient (Wildman–Crippen LogP) is 4.84. The van der Waals surface area contributed by atoms with Crippen LogP contribution in [0.1, 0.15) is 0 Å². The number of thioether (sulfide) groups is 1. The molecule has 0 atom stereocenters. The van der Waals surface area contributed by atoms with Crippen LogP contribution in [0.2, 0.25) is 0 Å². The number of ether oxygens (including phenoxy) is 1. The maximum atomic E-state index is 12.2. The highest BCUT2D eigenvalue weighted by molar-refractivity contribution is 8.00. The van der Waals surface area contributed by atoms with Crippen molar-refractivity contribution in [1.29, 1.82) is 0 Å². The smallest absolute Gasteiger partial charge is 0.446 e. The molecule has 0 heterocycles. The molecule has 0 fully saturated rings. The van der Waals surface area contributed by atoms with Gasteiger partial charge >= 0.3 is 11.5 Å². The second-order valence-electron chi connectivity index (χ2n) is 4.35. The van der Waals surface area contributed by atoms with Crippen LogP contribution in [0.4, 0.5) is 23.7 Å². The van der Waals surface area contributed by atoms with E-state index >= 15 is 0 Å². The van der Waals surface area contributed by atoms with Gasteiger partial charge in [0.1, 0.15) is 11.5 Å². The highest BCUT2D eigenvalue weighted by Crippen LogP contribution is 2.37. The summed E-state index contributed by atoms with van der Waals surface area (Å²) in [6.45, 7) is 0. The van der Waals surface area contributed by atoms with E-state index in [-0.39, 0.29) is 22.7 Å². The van der Waals surface area contributed by atoms with Crippen molar-refractivity contribution in [2.24, 2.45) is 0 Å². The number of carbonyl (C=O) groups is 1. The monoisotopic (exact) mass is 342 g/mol. The summed E-state index contributed by atoms with van der Waals surface area (Å²) in [6, 6.07) is 11.9. The van der Waals surface area contributed by atoms with Gasteiger partial charge in [-0.3, -0.25) is 0 Å². The van der Waals surface area contributed by atoms with Gasteiger partial charge in [0.05, 0.1) is 0 Å². The van der Waals surface area contributed by atoms with Crippen LogP contribution in [0.25, 0.3) is 0 Å². The second-order valence-corrected chi connectivity index (χ2v) is 5.49. The van der Waals surface area contributed by atoms with Gasteiger partial charge < -0.3 is 15.4 Å². The molecule has 2 amide bonds. The number of hydrogen-bond donors (Lipinski definition) is 2. The summed E-state index contributed by atoms with van der Waals surface area (Å²) >= 11 is -0.176. The molecule has 2 rings (SSSR count). The number of halogens is 3. The molecule has 8 heteroatoms. The van der Waals surface area contributed by atoms with Crippen molar-refractivity contribution in [3.05, 3.63) is 48.5 Å². The Labute approximate surface area is 135 Å². The van der Waals surface area contributed by atoms with Crippen molar-refractivity contribution in [3.8, 4) is 11.5 Å². The summed E-state index contributed by atoms with van der Waals surface area (Å²) in [5.74, 6) is 0.923. The first-order chi connectivity index (χ1) is 10.9. The Balaban J connectivity index is 1.98. The molecule has 0 aliphatic rings. The fourth-order valence-corrected chi connectivity index (χ4v) is 2.18. The highest BCUT2D eigenvalue weighted by atomic mass is 32.2. The molecule has 2 aromatic carbocycles. The van der Waals surface area contributed by atoms with Crippen molar-refractivity contribution < 1.29 is 22.7 Å². The van der Waals surface area contributed by atoms with Crippen molar-refractivity contribution >= 4 is 23.5 Å². The Morgan fingerprint density at radius 1 is 1.00 bits per heavy atom. The number of alkyl halides is 3. The van der Waals surface area contributed by atoms with Crippen molar-refractivity contribution in [2.45, 2.75) is 10.4 Å². The Morgan fingerprint density at radius 3 is 2.00 bits per heavy atom. The van der Waals surface area contributed by atoms with E-state index in [1.807, 2.05) is 0 Å². The SMILES string of the molecule is CNC(=O)Nc1ccc(Oc2ccc(SC(F)(F)F)cc2)cc1. The maximum absolute atomic E-state index is 12.2. The molecule has 122 valence electrons. The predicted molar refractivity (Wildman–Crippen MR) is 82.9 cm³/mol. The van der Waals surface area contributed by atoms with E-state index in [0.29, 0.717) is 17.2 Å². The topological polar surface area (TPSA) is 50.4 Å². The third kappa shape index (κ3) is 5.74. The van der Waals surface area contributed by atoms with E-state index in [9.17, 15) is 18.0 Å². The summed E-state index contributed by atoms with van der Waals surface area (Å²) in [7, 11) is 1.51. The number of hydrogen-bond acceptors (Lipinski definition) is 3. The summed E-state index contributed by atoms with van der Waals surface area (Å²) in [5, 5.41) is 5.02. The van der Waals surface area contributed by atoms with Gasteiger partial charge in [-0.1, -0.05) is 0 Å². The van der Waals surface area contributed by atoms with Crippen LogP contribution >= 0.6 is 11.8 Å². The lowest BCUT2D eigenvalue weighted by atomic mass is 10.3. The van der Waals surface area contributed by atoms with Crippen molar-refractivity contribution in [3.63, 3.8) is 0 Å². The molecule has 2 N–H and O–H groups in total. The first kappa shape index (κ1) is 17.0. The minimum absolute atomic E-state index is 0.0926. The third-order valence-corrected chi connectivity index (χ3v) is 3.37. The molecule has 23 heavy (non-hydrogen) atoms. The normalized spacial score (nSPS) is 11.0. The number of urea groups is 1. The van der Waals surface area contributed by atoms with Crippen LogP contribution in [0.3, 0.4) is 0 Å². The van der Waals surface area contributed by atoms with E-state index in [4.69, 9.17) is 4.74 Å². The minimum Gasteiger partial charge on any atom is -0.457 e. The molecule has 4 nitrogen and oxygen atoms in total. The molecule has 0 aliphatic carbocycles. The van der Waals surface area contributed by atoms with Crippen molar-refractivity contribution in [1.82, 2.24) is 5.32 Å². The Bertz CT molecular complexity index is 658. The van der Waals surface area contributed by atoms with Gasteiger partial charge in [-0.25, -0.2) is 4.79 Å². The number of anilines is 1. The van der Waals surface area contributed by atoms with Crippen LogP contribution in [0.5, 0.6) is 11.5 Å². The van der Waals surface area contributed by atoms with Gasteiger partial charge in [-0.2, -0.15) is 13.2 Å². The van der Waals surface area contributed by atoms with Crippen molar-refractivity contribution in [2.75, 3.05) is 12.4 Å². The molecule has 0 saturated heterocycles. The Morgan fingerprint density at radius 2 is 1.52 bits per heavy atom. The quantitative estimate of drug-likeness (QED) is 0.782. The summed E-state index contributed by atoms with van der Waals surface area (Å²) in [4.78, 5) is 11.2. The number of amides is 2. The number of benzene rings is 2. The molecule has 0 unspecified atom stereocenters. The van der Waals surface area contributed by atoms with Crippen LogP contribution < -0.4 is 15.4 Å². The zero-order valence-corrected chi connectivity index (χ0v) is 12.8. The third-order valence-electron chi connectivity index (χ3n) is 2.63. The highest BCUT2D eigenvalue weighted by Gasteiger charge is 2.29. The molecule has 0 aliphatic heterocycles. The second kappa shape index (κ2) is 7.28. The van der Waals surface area contributed by atoms with E-state index in [1.54, 1.807) is 24.3 Å². The van der Waals surface area contributed by atoms with Gasteiger partial charge in [0.25, 0.3) is 0 Å². The van der Waals surface area contributed by atoms with Gasteiger partial charge in [-0.15, -0.1) is 0 Å². The molecular weight excluding hydrogens is 329 g/mol. The molecule has 0 bridgehead atoms. The van der Waals surface area contributed by atoms with Crippen LogP contribution in [-0.2, 0) is 0 Å². The molecule has 0 radical (unpaired) electrons. The Hall–Kier alpha value is -2.35. The van der Waals surface area contributed by atoms with E-state index in [1.165, 1.54) is 31.3 Å². The Kier molecular flexibility index (Phi) is 5.38. The minimum atomic E-state index is -4.31. The molecule has 2 aromatic rings. The average Bonchev–Trinajstić information content (AvgIpc) is 2.49. The summed E-state index contributed by atoms with van der Waals surface area (Å²) < 4.78 is 42.3. The van der Waals surface area contributed by atoms with Gasteiger partial charge in [-0.05, 0) is 60.3 Å². The average molecular weight is 342 g/mol. The van der Waals surface area contributed by atoms with Gasteiger partial charge in [0, 0.05) is 17.6 Å². The maximum Gasteiger partial charge on any atom is 0.446 e. The van der Waals surface area contributed by atoms with E-state index in [0.717, 1.165) is 0 Å². The first-order valence-corrected chi connectivity index (χ1v) is 7.30. The zero-order chi connectivity index (χ0) is 16.9. The number of carbonyl (C=O) groups excluding carboxylic acids is 1. The largest absolute Gasteiger partial charge is 0.457 e. The molecular formula is C15H13F3N2O2S. The van der Waals surface area contributed by atoms with Crippen LogP contribution in [-0.4, -0.2) is 18.6 Å². The van der Waals surface area contributed by atoms with Gasteiger partial charge in [0.15, 0.2) is 0 Å². The molecule has 0 aromatic heterocycles. The fraction of sp³-hybridized carbons (Fsp3) is 0.133. The number of rotatable bonds is 4. The van der Waals surface area contributed by atoms with Gasteiger partial charge in [0.2, 0.25) is 0 Å². The number of nitrogens with one attached hydrogen (secondary N) is 2. The lowest BCUT2D eigenvalue weighted by Crippen LogP contribution is -2.24. The zero-order valence-electron chi connectivity index (χ0n) is 12.0. The van der Waals surface area contributed by atoms with E-state index in [2.05, 4.69) is 10.6 Å². The van der Waals surface area contributed by atoms with Crippen LogP contribution in [0, 0.1) is 0 Å². The molecule has 0 spiro atoms. The standard InChI is InChI=1S/C15H13F3N2O2S/c1-19-14(21)20-10-2-4-11(5-3-10)22-12-6-8-13(9-7-12)23-15(16,17)18/h2-9H,1H3,(H2,19,20,21). The molecule has 0 saturated carbocycles. The first-order valence-electron chi connectivity index (χ1n) is 6.48. The van der Waals surface area contributed by atoms with Crippen LogP contribution in [0.15, 0.2) is 53.4 Å². The summed E-state index contributed by atoms with van der Waals surface area (Å²) in [6.07, 6.45) is 0.